The Hall–Kier alpha value is -3.03. The third-order valence-electron chi connectivity index (χ3n) is 6.66. The number of methoxy groups -OCH3 is 1. The fourth-order valence-electron chi connectivity index (χ4n) is 4.90. The molecule has 8 nitrogen and oxygen atoms in total. The number of benzene rings is 1. The normalized spacial score (nSPS) is 26.0. The molecule has 0 bridgehead atoms. The summed E-state index contributed by atoms with van der Waals surface area (Å²) in [6, 6.07) is 9.83. The van der Waals surface area contributed by atoms with Gasteiger partial charge in [0.15, 0.2) is 5.84 Å². The third-order valence-corrected chi connectivity index (χ3v) is 6.66. The molecule has 1 aromatic heterocycles. The number of nitrogens with one attached hydrogen (secondary N) is 1. The Morgan fingerprint density at radius 3 is 2.65 bits per heavy atom. The number of ether oxygens (including phenoxy) is 1. The van der Waals surface area contributed by atoms with Crippen molar-refractivity contribution in [3.8, 4) is 5.75 Å². The highest BCUT2D eigenvalue weighted by molar-refractivity contribution is 6.03. The minimum absolute atomic E-state index is 0.00342. The third kappa shape index (κ3) is 3.25. The van der Waals surface area contributed by atoms with Crippen molar-refractivity contribution in [2.45, 2.75) is 39.3 Å². The van der Waals surface area contributed by atoms with Gasteiger partial charge in [0.25, 0.3) is 5.91 Å². The zero-order valence-electron chi connectivity index (χ0n) is 18.6. The number of oxime groups is 1. The first kappa shape index (κ1) is 19.9. The molecule has 2 atom stereocenters. The van der Waals surface area contributed by atoms with Crippen molar-refractivity contribution >= 4 is 17.4 Å². The first-order valence-electron chi connectivity index (χ1n) is 10.8. The van der Waals surface area contributed by atoms with Gasteiger partial charge in [-0.15, -0.1) is 0 Å². The lowest BCUT2D eigenvalue weighted by Gasteiger charge is -2.32. The van der Waals surface area contributed by atoms with Crippen LogP contribution in [0.15, 0.2) is 35.5 Å². The number of H-pyrrole nitrogens is 1. The molecular formula is C23H29N5O3. The Bertz CT molecular complexity index is 1030. The van der Waals surface area contributed by atoms with Crippen LogP contribution < -0.4 is 9.64 Å². The molecule has 1 amide bonds. The second-order valence-corrected chi connectivity index (χ2v) is 9.45. The summed E-state index contributed by atoms with van der Waals surface area (Å²) in [5.41, 5.74) is 1.91. The second-order valence-electron chi connectivity index (χ2n) is 9.45. The van der Waals surface area contributed by atoms with Gasteiger partial charge in [-0.05, 0) is 49.8 Å². The molecule has 1 saturated heterocycles. The highest BCUT2D eigenvalue weighted by Gasteiger charge is 2.62. The van der Waals surface area contributed by atoms with Gasteiger partial charge in [-0.25, -0.2) is 0 Å². The molecule has 8 heteroatoms. The Labute approximate surface area is 182 Å². The Morgan fingerprint density at radius 2 is 2.00 bits per heavy atom. The van der Waals surface area contributed by atoms with Crippen molar-refractivity contribution in [2.24, 2.45) is 22.9 Å². The quantitative estimate of drug-likeness (QED) is 0.797. The number of nitrogens with zero attached hydrogens (tertiary/aromatic N) is 4. The van der Waals surface area contributed by atoms with Crippen LogP contribution in [-0.4, -0.2) is 52.8 Å². The van der Waals surface area contributed by atoms with Crippen LogP contribution >= 0.6 is 0 Å². The van der Waals surface area contributed by atoms with Crippen LogP contribution in [0.1, 0.15) is 49.8 Å². The molecule has 1 N–H and O–H groups in total. The SMILES string of the molecule is COc1cccc(N2C(C3C4CN(C(=O)c5cc(C(C)C)[nH]n5)CC43)=NOC2(C)C)c1. The molecule has 31 heavy (non-hydrogen) atoms. The summed E-state index contributed by atoms with van der Waals surface area (Å²) in [6.45, 7) is 9.64. The number of anilines is 1. The van der Waals surface area contributed by atoms with E-state index in [2.05, 4.69) is 34.1 Å². The topological polar surface area (TPSA) is 83.0 Å². The Kier molecular flexibility index (Phi) is 4.50. The van der Waals surface area contributed by atoms with Gasteiger partial charge in [0.1, 0.15) is 11.4 Å². The highest BCUT2D eigenvalue weighted by atomic mass is 16.7. The van der Waals surface area contributed by atoms with Crippen molar-refractivity contribution in [3.05, 3.63) is 41.7 Å². The number of rotatable bonds is 5. The number of carbonyl (C=O) groups is 1. The molecule has 1 saturated carbocycles. The molecule has 3 aliphatic rings. The molecule has 2 aliphatic heterocycles. The largest absolute Gasteiger partial charge is 0.497 e. The van der Waals surface area contributed by atoms with E-state index >= 15 is 0 Å². The summed E-state index contributed by atoms with van der Waals surface area (Å²) in [4.78, 5) is 22.8. The van der Waals surface area contributed by atoms with E-state index in [-0.39, 0.29) is 5.91 Å². The maximum Gasteiger partial charge on any atom is 0.274 e. The Balaban J connectivity index is 1.30. The van der Waals surface area contributed by atoms with Gasteiger partial charge < -0.3 is 14.5 Å². The predicted octanol–water partition coefficient (Wildman–Crippen LogP) is 3.45. The van der Waals surface area contributed by atoms with E-state index in [0.29, 0.717) is 29.4 Å². The minimum atomic E-state index is -0.573. The van der Waals surface area contributed by atoms with Gasteiger partial charge in [-0.2, -0.15) is 5.10 Å². The monoisotopic (exact) mass is 423 g/mol. The predicted molar refractivity (Wildman–Crippen MR) is 117 cm³/mol. The van der Waals surface area contributed by atoms with Crippen LogP contribution in [0.5, 0.6) is 5.75 Å². The average molecular weight is 424 g/mol. The van der Waals surface area contributed by atoms with E-state index in [1.165, 1.54) is 0 Å². The summed E-state index contributed by atoms with van der Waals surface area (Å²) in [7, 11) is 1.67. The maximum atomic E-state index is 12.9. The number of hydrogen-bond donors (Lipinski definition) is 1. The minimum Gasteiger partial charge on any atom is -0.497 e. The zero-order valence-corrected chi connectivity index (χ0v) is 18.6. The number of hydrogen-bond acceptors (Lipinski definition) is 6. The summed E-state index contributed by atoms with van der Waals surface area (Å²) in [5, 5.41) is 11.7. The van der Waals surface area contributed by atoms with Crippen molar-refractivity contribution in [1.29, 1.82) is 0 Å². The molecule has 3 heterocycles. The number of carbonyl (C=O) groups excluding carboxylic acids is 1. The first-order valence-corrected chi connectivity index (χ1v) is 10.8. The van der Waals surface area contributed by atoms with E-state index in [4.69, 9.17) is 9.57 Å². The summed E-state index contributed by atoms with van der Waals surface area (Å²) in [5.74, 6) is 3.16. The van der Waals surface area contributed by atoms with Gasteiger partial charge in [-0.3, -0.25) is 14.8 Å². The van der Waals surface area contributed by atoms with E-state index in [1.54, 1.807) is 7.11 Å². The summed E-state index contributed by atoms with van der Waals surface area (Å²) >= 11 is 0. The van der Waals surface area contributed by atoms with Crippen molar-refractivity contribution < 1.29 is 14.4 Å². The van der Waals surface area contributed by atoms with E-state index < -0.39 is 5.72 Å². The molecule has 2 aromatic rings. The van der Waals surface area contributed by atoms with Crippen molar-refractivity contribution in [3.63, 3.8) is 0 Å². The maximum absolute atomic E-state index is 12.9. The molecule has 2 unspecified atom stereocenters. The average Bonchev–Trinajstić information content (AvgIpc) is 3.18. The van der Waals surface area contributed by atoms with Crippen molar-refractivity contribution in [2.75, 3.05) is 25.1 Å². The van der Waals surface area contributed by atoms with Crippen LogP contribution in [0, 0.1) is 17.8 Å². The number of fused-ring (bicyclic) bond motifs is 1. The number of likely N-dealkylation sites (tertiary alicyclic amines) is 1. The molecule has 5 rings (SSSR count). The van der Waals surface area contributed by atoms with Gasteiger partial charge in [0.2, 0.25) is 5.72 Å². The van der Waals surface area contributed by atoms with Gasteiger partial charge >= 0.3 is 0 Å². The van der Waals surface area contributed by atoms with Crippen LogP contribution in [0.2, 0.25) is 0 Å². The molecule has 1 aromatic carbocycles. The molecule has 0 radical (unpaired) electrons. The van der Waals surface area contributed by atoms with Crippen molar-refractivity contribution in [1.82, 2.24) is 15.1 Å². The van der Waals surface area contributed by atoms with E-state index in [9.17, 15) is 4.79 Å². The van der Waals surface area contributed by atoms with E-state index in [1.807, 2.05) is 49.1 Å². The second kappa shape index (κ2) is 7.00. The van der Waals surface area contributed by atoms with E-state index in [0.717, 1.165) is 36.1 Å². The van der Waals surface area contributed by atoms with Crippen LogP contribution in [-0.2, 0) is 4.84 Å². The van der Waals surface area contributed by atoms with Crippen LogP contribution in [0.4, 0.5) is 5.69 Å². The lowest BCUT2D eigenvalue weighted by Crippen LogP contribution is -2.46. The molecule has 2 fully saturated rings. The highest BCUT2D eigenvalue weighted by Crippen LogP contribution is 2.55. The number of piperidine rings is 1. The first-order chi connectivity index (χ1) is 14.8. The molecular weight excluding hydrogens is 394 g/mol. The summed E-state index contributed by atoms with van der Waals surface area (Å²) in [6.07, 6.45) is 0. The Morgan fingerprint density at radius 1 is 1.26 bits per heavy atom. The smallest absolute Gasteiger partial charge is 0.274 e. The van der Waals surface area contributed by atoms with Gasteiger partial charge in [0, 0.05) is 36.5 Å². The molecule has 1 aliphatic carbocycles. The van der Waals surface area contributed by atoms with Gasteiger partial charge in [-0.1, -0.05) is 25.1 Å². The fraction of sp³-hybridized carbons (Fsp3) is 0.522. The van der Waals surface area contributed by atoms with Crippen LogP contribution in [0.25, 0.3) is 0 Å². The zero-order chi connectivity index (χ0) is 21.9. The lowest BCUT2D eigenvalue weighted by atomic mass is 10.1. The number of aromatic nitrogens is 2. The number of aromatic amines is 1. The lowest BCUT2D eigenvalue weighted by molar-refractivity contribution is 0.0138. The van der Waals surface area contributed by atoms with Crippen LogP contribution in [0.3, 0.4) is 0 Å². The summed E-state index contributed by atoms with van der Waals surface area (Å²) < 4.78 is 5.41. The van der Waals surface area contributed by atoms with Gasteiger partial charge in [0.05, 0.1) is 7.11 Å². The molecule has 0 spiro atoms. The standard InChI is InChI=1S/C23H29N5O3/c1-13(2)18-10-19(25-24-18)22(29)27-11-16-17(12-27)20(16)21-26-31-23(3,4)28(21)14-7-6-8-15(9-14)30-5/h6-10,13,16-17,20H,11-12H2,1-5H3,(H,24,25). The number of amidine groups is 1. The fourth-order valence-corrected chi connectivity index (χ4v) is 4.90. The number of amides is 1. The molecule has 164 valence electrons.